The van der Waals surface area contributed by atoms with Crippen LogP contribution in [-0.4, -0.2) is 17.5 Å². The number of aromatic nitrogens is 1. The van der Waals surface area contributed by atoms with Crippen molar-refractivity contribution in [2.75, 3.05) is 6.54 Å². The van der Waals surface area contributed by atoms with Crippen molar-refractivity contribution < 1.29 is 4.42 Å². The van der Waals surface area contributed by atoms with E-state index in [-0.39, 0.29) is 0 Å². The lowest BCUT2D eigenvalue weighted by molar-refractivity contribution is 0.548. The van der Waals surface area contributed by atoms with Crippen LogP contribution in [0, 0.1) is 20.8 Å². The Labute approximate surface area is 152 Å². The van der Waals surface area contributed by atoms with Gasteiger partial charge in [0, 0.05) is 22.4 Å². The number of guanidine groups is 1. The average molecular weight is 356 g/mol. The van der Waals surface area contributed by atoms with E-state index >= 15 is 0 Å². The third kappa shape index (κ3) is 4.02. The molecule has 0 bridgehead atoms. The third-order valence-electron chi connectivity index (χ3n) is 4.08. The van der Waals surface area contributed by atoms with Crippen LogP contribution in [0.5, 0.6) is 0 Å². The van der Waals surface area contributed by atoms with Crippen LogP contribution >= 0.6 is 11.3 Å². The predicted molar refractivity (Wildman–Crippen MR) is 104 cm³/mol. The van der Waals surface area contributed by atoms with Gasteiger partial charge in [-0.3, -0.25) is 0 Å². The maximum Gasteiger partial charge on any atom is 0.191 e. The van der Waals surface area contributed by atoms with Gasteiger partial charge in [0.1, 0.15) is 17.9 Å². The number of fused-ring (bicyclic) bond motifs is 1. The van der Waals surface area contributed by atoms with Gasteiger partial charge in [0.25, 0.3) is 0 Å². The number of nitrogens with one attached hydrogen (secondary N) is 2. The zero-order valence-electron chi connectivity index (χ0n) is 15.1. The van der Waals surface area contributed by atoms with Crippen molar-refractivity contribution in [3.8, 4) is 0 Å². The molecule has 5 nitrogen and oxygen atoms in total. The largest absolute Gasteiger partial charge is 0.459 e. The molecular formula is C19H24N4OS. The van der Waals surface area contributed by atoms with Crippen molar-refractivity contribution in [2.24, 2.45) is 4.99 Å². The first-order valence-electron chi connectivity index (χ1n) is 8.50. The lowest BCUT2D eigenvalue weighted by Gasteiger charge is -2.10. The molecule has 0 radical (unpaired) electrons. The van der Waals surface area contributed by atoms with Gasteiger partial charge in [-0.1, -0.05) is 18.2 Å². The van der Waals surface area contributed by atoms with Gasteiger partial charge < -0.3 is 15.1 Å². The van der Waals surface area contributed by atoms with Crippen molar-refractivity contribution in [1.29, 1.82) is 0 Å². The summed E-state index contributed by atoms with van der Waals surface area (Å²) >= 11 is 1.72. The number of hydrogen-bond donors (Lipinski definition) is 2. The Morgan fingerprint density at radius 3 is 2.68 bits per heavy atom. The number of aryl methyl sites for hydroxylation is 3. The monoisotopic (exact) mass is 356 g/mol. The summed E-state index contributed by atoms with van der Waals surface area (Å²) in [5.41, 5.74) is 3.15. The normalized spacial score (nSPS) is 11.9. The van der Waals surface area contributed by atoms with E-state index in [1.807, 2.05) is 32.0 Å². The highest BCUT2D eigenvalue weighted by atomic mass is 32.1. The molecule has 0 aliphatic heterocycles. The minimum Gasteiger partial charge on any atom is -0.459 e. The van der Waals surface area contributed by atoms with Gasteiger partial charge >= 0.3 is 0 Å². The number of benzene rings is 1. The zero-order chi connectivity index (χ0) is 17.8. The van der Waals surface area contributed by atoms with E-state index in [0.717, 1.165) is 52.0 Å². The summed E-state index contributed by atoms with van der Waals surface area (Å²) in [7, 11) is 0. The Kier molecular flexibility index (Phi) is 5.38. The lowest BCUT2D eigenvalue weighted by atomic mass is 10.1. The summed E-state index contributed by atoms with van der Waals surface area (Å²) in [6.45, 7) is 10.3. The molecule has 3 aromatic rings. The standard InChI is InChI=1S/C19H24N4OS/c1-5-20-19(22-11-18-13(3)23-14(4)25-18)21-10-17-12(2)15-8-6-7-9-16(15)24-17/h6-9H,5,10-11H2,1-4H3,(H2,20,21,22). The number of furan rings is 1. The topological polar surface area (TPSA) is 62.5 Å². The van der Waals surface area contributed by atoms with Crippen LogP contribution in [0.1, 0.15) is 33.8 Å². The van der Waals surface area contributed by atoms with Crippen LogP contribution < -0.4 is 10.6 Å². The van der Waals surface area contributed by atoms with Crippen molar-refractivity contribution in [3.63, 3.8) is 0 Å². The van der Waals surface area contributed by atoms with E-state index in [2.05, 4.69) is 40.5 Å². The number of aliphatic imine (C=N–C) groups is 1. The molecular weight excluding hydrogens is 332 g/mol. The highest BCUT2D eigenvalue weighted by Gasteiger charge is 2.10. The third-order valence-corrected chi connectivity index (χ3v) is 5.16. The second-order valence-electron chi connectivity index (χ2n) is 5.94. The SMILES string of the molecule is CCNC(=NCc1oc2ccccc2c1C)NCc1sc(C)nc1C. The maximum absolute atomic E-state index is 5.94. The first-order valence-corrected chi connectivity index (χ1v) is 9.32. The van der Waals surface area contributed by atoms with Gasteiger partial charge in [-0.2, -0.15) is 0 Å². The molecule has 2 heterocycles. The van der Waals surface area contributed by atoms with Crippen molar-refractivity contribution in [2.45, 2.75) is 40.8 Å². The molecule has 1 aromatic carbocycles. The molecule has 0 atom stereocenters. The molecule has 25 heavy (non-hydrogen) atoms. The average Bonchev–Trinajstić information content (AvgIpc) is 3.09. The van der Waals surface area contributed by atoms with Gasteiger partial charge in [-0.25, -0.2) is 9.98 Å². The molecule has 132 valence electrons. The minimum absolute atomic E-state index is 0.510. The van der Waals surface area contributed by atoms with E-state index in [0.29, 0.717) is 6.54 Å². The first kappa shape index (κ1) is 17.5. The van der Waals surface area contributed by atoms with Gasteiger partial charge in [0.15, 0.2) is 5.96 Å². The van der Waals surface area contributed by atoms with E-state index in [1.165, 1.54) is 4.88 Å². The fourth-order valence-electron chi connectivity index (χ4n) is 2.77. The van der Waals surface area contributed by atoms with E-state index in [4.69, 9.17) is 4.42 Å². The number of para-hydroxylation sites is 1. The van der Waals surface area contributed by atoms with Crippen LogP contribution in [0.4, 0.5) is 0 Å². The predicted octanol–water partition coefficient (Wildman–Crippen LogP) is 4.07. The van der Waals surface area contributed by atoms with Crippen LogP contribution in [0.15, 0.2) is 33.7 Å². The zero-order valence-corrected chi connectivity index (χ0v) is 16.0. The molecule has 0 aliphatic carbocycles. The van der Waals surface area contributed by atoms with Crippen molar-refractivity contribution >= 4 is 28.3 Å². The first-order chi connectivity index (χ1) is 12.1. The van der Waals surface area contributed by atoms with Gasteiger partial charge in [0.05, 0.1) is 17.2 Å². The molecule has 0 saturated carbocycles. The summed E-state index contributed by atoms with van der Waals surface area (Å²) in [4.78, 5) is 10.4. The van der Waals surface area contributed by atoms with Crippen molar-refractivity contribution in [3.05, 3.63) is 51.2 Å². The fraction of sp³-hybridized carbons (Fsp3) is 0.368. The van der Waals surface area contributed by atoms with Gasteiger partial charge in [-0.05, 0) is 33.8 Å². The summed E-state index contributed by atoms with van der Waals surface area (Å²) < 4.78 is 5.94. The second-order valence-corrected chi connectivity index (χ2v) is 7.22. The Balaban J connectivity index is 1.72. The lowest BCUT2D eigenvalue weighted by Crippen LogP contribution is -2.36. The Morgan fingerprint density at radius 2 is 2.00 bits per heavy atom. The number of hydrogen-bond acceptors (Lipinski definition) is 4. The molecule has 0 unspecified atom stereocenters. The van der Waals surface area contributed by atoms with E-state index in [1.54, 1.807) is 11.3 Å². The van der Waals surface area contributed by atoms with Crippen molar-refractivity contribution in [1.82, 2.24) is 15.6 Å². The van der Waals surface area contributed by atoms with Crippen LogP contribution in [0.3, 0.4) is 0 Å². The van der Waals surface area contributed by atoms with Gasteiger partial charge in [0.2, 0.25) is 0 Å². The number of nitrogens with zero attached hydrogens (tertiary/aromatic N) is 2. The van der Waals surface area contributed by atoms with Crippen LogP contribution in [0.25, 0.3) is 11.0 Å². The quantitative estimate of drug-likeness (QED) is 0.534. The molecule has 6 heteroatoms. The molecule has 0 fully saturated rings. The molecule has 2 aromatic heterocycles. The Hall–Kier alpha value is -2.34. The number of rotatable bonds is 5. The highest BCUT2D eigenvalue weighted by Crippen LogP contribution is 2.25. The van der Waals surface area contributed by atoms with Crippen LogP contribution in [0.2, 0.25) is 0 Å². The summed E-state index contributed by atoms with van der Waals surface area (Å²) in [5, 5.41) is 8.91. The smallest absolute Gasteiger partial charge is 0.191 e. The maximum atomic E-state index is 5.94. The molecule has 2 N–H and O–H groups in total. The molecule has 0 saturated heterocycles. The summed E-state index contributed by atoms with van der Waals surface area (Å²) in [5.74, 6) is 1.69. The number of thiazole rings is 1. The molecule has 0 aliphatic rings. The Morgan fingerprint density at radius 1 is 1.20 bits per heavy atom. The van der Waals surface area contributed by atoms with E-state index < -0.39 is 0 Å². The van der Waals surface area contributed by atoms with Gasteiger partial charge in [-0.15, -0.1) is 11.3 Å². The van der Waals surface area contributed by atoms with E-state index in [9.17, 15) is 0 Å². The molecule has 3 rings (SSSR count). The summed E-state index contributed by atoms with van der Waals surface area (Å²) in [6.07, 6.45) is 0. The molecule has 0 spiro atoms. The highest BCUT2D eigenvalue weighted by molar-refractivity contribution is 7.11. The van der Waals surface area contributed by atoms with Crippen LogP contribution in [-0.2, 0) is 13.1 Å². The minimum atomic E-state index is 0.510. The molecule has 0 amide bonds. The fourth-order valence-corrected chi connectivity index (χ4v) is 3.65. The Bertz CT molecular complexity index is 894. The summed E-state index contributed by atoms with van der Waals surface area (Å²) in [6, 6.07) is 8.10. The second kappa shape index (κ2) is 7.70.